The predicted molar refractivity (Wildman–Crippen MR) is 48.9 cm³/mol. The standard InChI is InChI=1S/C5H9BrS2/c1-2-3-4-8-5(6)7/h2-4H2,1H3. The maximum atomic E-state index is 4.79. The van der Waals surface area contributed by atoms with E-state index in [1.165, 1.54) is 12.8 Å². The van der Waals surface area contributed by atoms with Crippen molar-refractivity contribution in [2.45, 2.75) is 19.8 Å². The molecule has 0 aliphatic rings. The minimum Gasteiger partial charge on any atom is -0.107 e. The van der Waals surface area contributed by atoms with Crippen molar-refractivity contribution in [3.05, 3.63) is 0 Å². The molecule has 0 amide bonds. The summed E-state index contributed by atoms with van der Waals surface area (Å²) in [5, 5.41) is 0. The summed E-state index contributed by atoms with van der Waals surface area (Å²) in [4.78, 5) is 0. The normalized spacial score (nSPS) is 9.25. The molecule has 0 spiro atoms. The van der Waals surface area contributed by atoms with Gasteiger partial charge in [0.2, 0.25) is 0 Å². The van der Waals surface area contributed by atoms with Crippen molar-refractivity contribution in [3.63, 3.8) is 0 Å². The fraction of sp³-hybridized carbons (Fsp3) is 0.800. The Morgan fingerprint density at radius 1 is 1.75 bits per heavy atom. The largest absolute Gasteiger partial charge is 0.113 e. The Morgan fingerprint density at radius 3 is 2.75 bits per heavy atom. The van der Waals surface area contributed by atoms with E-state index < -0.39 is 0 Å². The van der Waals surface area contributed by atoms with Gasteiger partial charge in [-0.3, -0.25) is 0 Å². The van der Waals surface area contributed by atoms with Crippen molar-refractivity contribution in [1.82, 2.24) is 0 Å². The summed E-state index contributed by atoms with van der Waals surface area (Å²) in [6, 6.07) is 0. The number of thioether (sulfide) groups is 1. The highest BCUT2D eigenvalue weighted by Gasteiger charge is 1.88. The molecule has 0 bridgehead atoms. The van der Waals surface area contributed by atoms with Crippen LogP contribution in [0.3, 0.4) is 0 Å². The van der Waals surface area contributed by atoms with Crippen LogP contribution in [-0.2, 0) is 0 Å². The lowest BCUT2D eigenvalue weighted by Crippen LogP contribution is -1.78. The van der Waals surface area contributed by atoms with Gasteiger partial charge in [0.25, 0.3) is 0 Å². The van der Waals surface area contributed by atoms with Crippen LogP contribution in [0.2, 0.25) is 0 Å². The van der Waals surface area contributed by atoms with Gasteiger partial charge in [-0.25, -0.2) is 0 Å². The smallest absolute Gasteiger partial charge is 0.107 e. The lowest BCUT2D eigenvalue weighted by Gasteiger charge is -1.91. The fourth-order valence-electron chi connectivity index (χ4n) is 0.297. The number of unbranched alkanes of at least 4 members (excludes halogenated alkanes) is 1. The lowest BCUT2D eigenvalue weighted by atomic mass is 10.4. The Bertz CT molecular complexity index is 72.8. The Labute approximate surface area is 68.5 Å². The third-order valence-corrected chi connectivity index (χ3v) is 2.47. The van der Waals surface area contributed by atoms with Crippen molar-refractivity contribution in [3.8, 4) is 0 Å². The topological polar surface area (TPSA) is 0 Å². The Balaban J connectivity index is 2.82. The quantitative estimate of drug-likeness (QED) is 0.401. The SMILES string of the molecule is CCCCSC(=S)Br. The van der Waals surface area contributed by atoms with Gasteiger partial charge in [0.1, 0.15) is 3.11 Å². The molecule has 8 heavy (non-hydrogen) atoms. The van der Waals surface area contributed by atoms with Crippen LogP contribution in [0.25, 0.3) is 0 Å². The van der Waals surface area contributed by atoms with Gasteiger partial charge in [-0.05, 0) is 28.1 Å². The second-order valence-electron chi connectivity index (χ2n) is 1.44. The molecule has 0 radical (unpaired) electrons. The summed E-state index contributed by atoms with van der Waals surface area (Å²) in [7, 11) is 0. The third-order valence-electron chi connectivity index (χ3n) is 0.713. The summed E-state index contributed by atoms with van der Waals surface area (Å²) < 4.78 is 0.881. The first-order chi connectivity index (χ1) is 3.77. The van der Waals surface area contributed by atoms with Crippen LogP contribution in [0.1, 0.15) is 19.8 Å². The number of rotatable bonds is 3. The van der Waals surface area contributed by atoms with Crippen molar-refractivity contribution >= 4 is 43.0 Å². The first-order valence-electron chi connectivity index (χ1n) is 2.59. The Kier molecular flexibility index (Phi) is 6.74. The monoisotopic (exact) mass is 212 g/mol. The van der Waals surface area contributed by atoms with E-state index >= 15 is 0 Å². The first kappa shape index (κ1) is 8.92. The molecule has 0 N–H and O–H groups in total. The van der Waals surface area contributed by atoms with Gasteiger partial charge in [-0.1, -0.05) is 25.6 Å². The summed E-state index contributed by atoms with van der Waals surface area (Å²) in [5.41, 5.74) is 0. The number of hydrogen-bond acceptors (Lipinski definition) is 2. The summed E-state index contributed by atoms with van der Waals surface area (Å²) in [6.07, 6.45) is 2.51. The van der Waals surface area contributed by atoms with E-state index in [1.807, 2.05) is 0 Å². The molecule has 0 fully saturated rings. The number of halogens is 1. The van der Waals surface area contributed by atoms with Crippen molar-refractivity contribution in [2.24, 2.45) is 0 Å². The van der Waals surface area contributed by atoms with Crippen LogP contribution in [0.4, 0.5) is 0 Å². The van der Waals surface area contributed by atoms with Crippen molar-refractivity contribution < 1.29 is 0 Å². The summed E-state index contributed by atoms with van der Waals surface area (Å²) in [6.45, 7) is 2.18. The fourth-order valence-corrected chi connectivity index (χ4v) is 1.63. The molecule has 0 aliphatic heterocycles. The van der Waals surface area contributed by atoms with Gasteiger partial charge in [-0.2, -0.15) is 0 Å². The molecular formula is C5H9BrS2. The highest BCUT2D eigenvalue weighted by atomic mass is 79.9. The van der Waals surface area contributed by atoms with Gasteiger partial charge < -0.3 is 0 Å². The highest BCUT2D eigenvalue weighted by molar-refractivity contribution is 9.24. The van der Waals surface area contributed by atoms with E-state index in [0.717, 1.165) is 8.86 Å². The van der Waals surface area contributed by atoms with Crippen LogP contribution in [0, 0.1) is 0 Å². The van der Waals surface area contributed by atoms with Gasteiger partial charge in [0.05, 0.1) is 0 Å². The van der Waals surface area contributed by atoms with Gasteiger partial charge in [0, 0.05) is 0 Å². The third kappa shape index (κ3) is 6.92. The molecule has 0 heterocycles. The van der Waals surface area contributed by atoms with E-state index in [-0.39, 0.29) is 0 Å². The molecule has 0 rings (SSSR count). The zero-order valence-electron chi connectivity index (χ0n) is 4.82. The van der Waals surface area contributed by atoms with Crippen LogP contribution >= 0.6 is 39.9 Å². The molecule has 0 nitrogen and oxygen atoms in total. The van der Waals surface area contributed by atoms with Gasteiger partial charge >= 0.3 is 0 Å². The first-order valence-corrected chi connectivity index (χ1v) is 4.78. The maximum Gasteiger partial charge on any atom is 0.113 e. The summed E-state index contributed by atoms with van der Waals surface area (Å²) in [5.74, 6) is 1.15. The second kappa shape index (κ2) is 6.05. The maximum absolute atomic E-state index is 4.79. The molecule has 48 valence electrons. The Hall–Kier alpha value is 0.920. The van der Waals surface area contributed by atoms with Crippen LogP contribution in [0.15, 0.2) is 0 Å². The Morgan fingerprint density at radius 2 is 2.38 bits per heavy atom. The molecule has 0 atom stereocenters. The van der Waals surface area contributed by atoms with Gasteiger partial charge in [-0.15, -0.1) is 11.8 Å². The number of hydrogen-bond donors (Lipinski definition) is 0. The average molecular weight is 213 g/mol. The molecule has 0 aromatic rings. The molecule has 0 aromatic heterocycles. The van der Waals surface area contributed by atoms with Gasteiger partial charge in [0.15, 0.2) is 0 Å². The van der Waals surface area contributed by atoms with E-state index in [4.69, 9.17) is 12.2 Å². The molecule has 0 saturated carbocycles. The van der Waals surface area contributed by atoms with Crippen LogP contribution in [0.5, 0.6) is 0 Å². The van der Waals surface area contributed by atoms with Crippen LogP contribution in [-0.4, -0.2) is 8.86 Å². The molecular weight excluding hydrogens is 204 g/mol. The average Bonchev–Trinajstić information content (AvgIpc) is 1.66. The molecule has 0 aromatic carbocycles. The minimum absolute atomic E-state index is 0.881. The molecule has 3 heteroatoms. The number of thiocarbonyl (C=S) groups is 1. The highest BCUT2D eigenvalue weighted by Crippen LogP contribution is 2.11. The summed E-state index contributed by atoms with van der Waals surface area (Å²) >= 11 is 9.69. The van der Waals surface area contributed by atoms with Crippen molar-refractivity contribution in [2.75, 3.05) is 5.75 Å². The van der Waals surface area contributed by atoms with Crippen molar-refractivity contribution in [1.29, 1.82) is 0 Å². The van der Waals surface area contributed by atoms with E-state index in [1.54, 1.807) is 11.8 Å². The lowest BCUT2D eigenvalue weighted by molar-refractivity contribution is 0.898. The molecule has 0 unspecified atom stereocenters. The molecule has 0 saturated heterocycles. The van der Waals surface area contributed by atoms with E-state index in [0.29, 0.717) is 0 Å². The van der Waals surface area contributed by atoms with E-state index in [2.05, 4.69) is 22.9 Å². The minimum atomic E-state index is 0.881. The zero-order chi connectivity index (χ0) is 6.41. The van der Waals surface area contributed by atoms with Crippen LogP contribution < -0.4 is 0 Å². The van der Waals surface area contributed by atoms with E-state index in [9.17, 15) is 0 Å². The predicted octanol–water partition coefficient (Wildman–Crippen LogP) is 3.20. The molecule has 0 aliphatic carbocycles. The zero-order valence-corrected chi connectivity index (χ0v) is 8.03. The second-order valence-corrected chi connectivity index (χ2v) is 5.05.